The maximum atomic E-state index is 6.12. The molecule has 2 heteroatoms. The van der Waals surface area contributed by atoms with Gasteiger partial charge in [-0.25, -0.2) is 0 Å². The highest BCUT2D eigenvalue weighted by molar-refractivity contribution is 5.30. The predicted molar refractivity (Wildman–Crippen MR) is 114 cm³/mol. The topological polar surface area (TPSA) is 21.3 Å². The second-order valence-corrected chi connectivity index (χ2v) is 8.59. The van der Waals surface area contributed by atoms with Gasteiger partial charge in [0.25, 0.3) is 0 Å². The first-order valence-electron chi connectivity index (χ1n) is 10.5. The molecule has 1 fully saturated rings. The van der Waals surface area contributed by atoms with Gasteiger partial charge < -0.3 is 10.1 Å². The monoisotopic (exact) mass is 365 g/mol. The molecule has 0 amide bonds. The Kier molecular flexibility index (Phi) is 6.73. The molecule has 2 aromatic rings. The zero-order valence-electron chi connectivity index (χ0n) is 17.4. The van der Waals surface area contributed by atoms with E-state index in [9.17, 15) is 0 Å². The van der Waals surface area contributed by atoms with Crippen molar-refractivity contribution in [2.45, 2.75) is 64.5 Å². The van der Waals surface area contributed by atoms with Crippen LogP contribution < -0.4 is 5.32 Å². The summed E-state index contributed by atoms with van der Waals surface area (Å²) in [5.41, 5.74) is 4.38. The summed E-state index contributed by atoms with van der Waals surface area (Å²) in [5.74, 6) is 0.561. The van der Waals surface area contributed by atoms with Crippen LogP contribution in [0.1, 0.15) is 62.8 Å². The Balaban J connectivity index is 1.73. The molecule has 27 heavy (non-hydrogen) atoms. The Morgan fingerprint density at radius 2 is 1.74 bits per heavy atom. The molecule has 0 aromatic heterocycles. The van der Waals surface area contributed by atoms with Crippen molar-refractivity contribution < 1.29 is 4.74 Å². The number of rotatable bonds is 7. The number of hydrogen-bond acceptors (Lipinski definition) is 2. The molecule has 0 saturated carbocycles. The minimum absolute atomic E-state index is 0.213. The smallest absolute Gasteiger partial charge is 0.0606 e. The van der Waals surface area contributed by atoms with Gasteiger partial charge in [0.2, 0.25) is 0 Å². The van der Waals surface area contributed by atoms with E-state index in [-0.39, 0.29) is 5.41 Å². The molecule has 2 aromatic carbocycles. The van der Waals surface area contributed by atoms with Gasteiger partial charge in [0.05, 0.1) is 6.10 Å². The summed E-state index contributed by atoms with van der Waals surface area (Å²) in [7, 11) is 0. The minimum atomic E-state index is 0.213. The van der Waals surface area contributed by atoms with Crippen LogP contribution in [0.15, 0.2) is 54.6 Å². The average molecular weight is 366 g/mol. The summed E-state index contributed by atoms with van der Waals surface area (Å²) in [5, 5.41) is 3.76. The number of nitrogens with one attached hydrogen (secondary N) is 1. The van der Waals surface area contributed by atoms with E-state index in [2.05, 4.69) is 87.6 Å². The van der Waals surface area contributed by atoms with Gasteiger partial charge in [0, 0.05) is 18.1 Å². The first-order chi connectivity index (χ1) is 13.0. The van der Waals surface area contributed by atoms with Crippen molar-refractivity contribution in [3.8, 4) is 0 Å². The van der Waals surface area contributed by atoms with Crippen molar-refractivity contribution in [2.75, 3.05) is 13.2 Å². The van der Waals surface area contributed by atoms with Crippen molar-refractivity contribution in [1.29, 1.82) is 0 Å². The first kappa shape index (κ1) is 20.1. The lowest BCUT2D eigenvalue weighted by Crippen LogP contribution is -2.42. The molecule has 1 aliphatic heterocycles. The molecule has 3 rings (SSSR count). The fourth-order valence-electron chi connectivity index (χ4n) is 4.31. The van der Waals surface area contributed by atoms with Crippen LogP contribution in [0.2, 0.25) is 0 Å². The third-order valence-corrected chi connectivity index (χ3v) is 6.27. The Bertz CT molecular complexity index is 694. The maximum Gasteiger partial charge on any atom is 0.0606 e. The number of hydrogen-bond donors (Lipinski definition) is 1. The second kappa shape index (κ2) is 9.03. The Morgan fingerprint density at radius 3 is 2.41 bits per heavy atom. The molecular weight excluding hydrogens is 330 g/mol. The van der Waals surface area contributed by atoms with Crippen LogP contribution in [0.5, 0.6) is 0 Å². The largest absolute Gasteiger partial charge is 0.378 e. The second-order valence-electron chi connectivity index (χ2n) is 8.59. The van der Waals surface area contributed by atoms with Gasteiger partial charge in [-0.05, 0) is 56.7 Å². The first-order valence-corrected chi connectivity index (χ1v) is 10.5. The van der Waals surface area contributed by atoms with Crippen LogP contribution in [0, 0.1) is 12.8 Å². The molecule has 0 aliphatic carbocycles. The Labute approximate surface area is 165 Å². The van der Waals surface area contributed by atoms with Crippen LogP contribution in [-0.2, 0) is 10.2 Å². The molecule has 146 valence electrons. The van der Waals surface area contributed by atoms with Crippen molar-refractivity contribution in [3.05, 3.63) is 71.3 Å². The third-order valence-electron chi connectivity index (χ3n) is 6.27. The zero-order valence-corrected chi connectivity index (χ0v) is 17.4. The van der Waals surface area contributed by atoms with E-state index in [0.717, 1.165) is 32.4 Å². The summed E-state index contributed by atoms with van der Waals surface area (Å²) >= 11 is 0. The van der Waals surface area contributed by atoms with Gasteiger partial charge >= 0.3 is 0 Å². The normalized spacial score (nSPS) is 24.1. The highest BCUT2D eigenvalue weighted by Crippen LogP contribution is 2.41. The van der Waals surface area contributed by atoms with Crippen LogP contribution in [0.4, 0.5) is 0 Å². The average Bonchev–Trinajstić information content (AvgIpc) is 2.69. The lowest BCUT2D eigenvalue weighted by atomic mass is 9.68. The summed E-state index contributed by atoms with van der Waals surface area (Å²) < 4.78 is 6.12. The van der Waals surface area contributed by atoms with Gasteiger partial charge in [-0.2, -0.15) is 0 Å². The van der Waals surface area contributed by atoms with Crippen molar-refractivity contribution in [3.63, 3.8) is 0 Å². The lowest BCUT2D eigenvalue weighted by Gasteiger charge is -2.43. The molecule has 0 spiro atoms. The molecule has 1 aliphatic rings. The van der Waals surface area contributed by atoms with Crippen molar-refractivity contribution in [2.24, 2.45) is 5.92 Å². The van der Waals surface area contributed by atoms with Crippen LogP contribution >= 0.6 is 0 Å². The van der Waals surface area contributed by atoms with Gasteiger partial charge in [0.1, 0.15) is 0 Å². The number of ether oxygens (including phenoxy) is 1. The molecule has 2 nitrogen and oxygen atoms in total. The summed E-state index contributed by atoms with van der Waals surface area (Å²) in [6, 6.07) is 20.3. The lowest BCUT2D eigenvalue weighted by molar-refractivity contribution is -0.0470. The fraction of sp³-hybridized carbons (Fsp3) is 0.520. The van der Waals surface area contributed by atoms with E-state index >= 15 is 0 Å². The van der Waals surface area contributed by atoms with E-state index < -0.39 is 0 Å². The highest BCUT2D eigenvalue weighted by Gasteiger charge is 2.39. The maximum absolute atomic E-state index is 6.12. The zero-order chi connectivity index (χ0) is 19.3. The summed E-state index contributed by atoms with van der Waals surface area (Å²) in [6.07, 6.45) is 3.74. The van der Waals surface area contributed by atoms with Crippen LogP contribution in [0.3, 0.4) is 0 Å². The van der Waals surface area contributed by atoms with E-state index in [1.54, 1.807) is 0 Å². The number of aryl methyl sites for hydroxylation is 1. The summed E-state index contributed by atoms with van der Waals surface area (Å²) in [4.78, 5) is 0. The quantitative estimate of drug-likeness (QED) is 0.668. The third kappa shape index (κ3) is 5.00. The van der Waals surface area contributed by atoms with Crippen molar-refractivity contribution in [1.82, 2.24) is 5.32 Å². The van der Waals surface area contributed by atoms with E-state index in [0.29, 0.717) is 18.1 Å². The van der Waals surface area contributed by atoms with Gasteiger partial charge in [-0.3, -0.25) is 0 Å². The minimum Gasteiger partial charge on any atom is -0.378 e. The van der Waals surface area contributed by atoms with E-state index in [1.165, 1.54) is 16.7 Å². The van der Waals surface area contributed by atoms with Gasteiger partial charge in [-0.1, -0.05) is 74.0 Å². The Hall–Kier alpha value is -1.64. The highest BCUT2D eigenvalue weighted by atomic mass is 16.5. The summed E-state index contributed by atoms with van der Waals surface area (Å²) in [6.45, 7) is 10.9. The Morgan fingerprint density at radius 1 is 1.04 bits per heavy atom. The number of benzene rings is 2. The molecule has 1 heterocycles. The molecule has 0 unspecified atom stereocenters. The molecule has 0 bridgehead atoms. The van der Waals surface area contributed by atoms with E-state index in [4.69, 9.17) is 4.74 Å². The standard InChI is InChI=1S/C25H35NO/c1-19(2)24-18-25(15-17-27-24,23-12-10-20(3)11-13-23)14-16-26-21(4)22-8-6-5-7-9-22/h5-13,19,21,24,26H,14-18H2,1-4H3/t21-,24+,25-/m0/s1. The predicted octanol–water partition coefficient (Wildman–Crippen LogP) is 5.81. The van der Waals surface area contributed by atoms with Gasteiger partial charge in [0.15, 0.2) is 0 Å². The molecule has 3 atom stereocenters. The van der Waals surface area contributed by atoms with Gasteiger partial charge in [-0.15, -0.1) is 0 Å². The molecule has 0 radical (unpaired) electrons. The molecular formula is C25H35NO. The van der Waals surface area contributed by atoms with E-state index in [1.807, 2.05) is 0 Å². The molecule has 1 N–H and O–H groups in total. The van der Waals surface area contributed by atoms with Crippen molar-refractivity contribution >= 4 is 0 Å². The van der Waals surface area contributed by atoms with Crippen LogP contribution in [0.25, 0.3) is 0 Å². The van der Waals surface area contributed by atoms with Crippen LogP contribution in [-0.4, -0.2) is 19.3 Å². The molecule has 1 saturated heterocycles. The fourth-order valence-corrected chi connectivity index (χ4v) is 4.31. The SMILES string of the molecule is Cc1ccc([C@@]2(CCN[C@@H](C)c3ccccc3)CCO[C@@H](C(C)C)C2)cc1.